The summed E-state index contributed by atoms with van der Waals surface area (Å²) in [7, 11) is 3.75. The number of nitrogens with zero attached hydrogens (tertiary/aromatic N) is 3. The summed E-state index contributed by atoms with van der Waals surface area (Å²) < 4.78 is 38.5. The molecule has 1 aromatic heterocycles. The highest BCUT2D eigenvalue weighted by Crippen LogP contribution is 2.34. The zero-order valence-corrected chi connectivity index (χ0v) is 14.8. The highest BCUT2D eigenvalue weighted by molar-refractivity contribution is 6.33. The molecule has 0 aliphatic rings. The Hall–Kier alpha value is -2.39. The number of hydrogen-bond donors (Lipinski definition) is 2. The molecule has 0 saturated carbocycles. The van der Waals surface area contributed by atoms with Crippen molar-refractivity contribution in [2.75, 3.05) is 32.5 Å². The number of benzene rings is 1. The van der Waals surface area contributed by atoms with E-state index in [1.807, 2.05) is 19.0 Å². The first-order valence-electron chi connectivity index (χ1n) is 7.55. The predicted molar refractivity (Wildman–Crippen MR) is 92.7 cm³/mol. The Morgan fingerprint density at radius 1 is 1.23 bits per heavy atom. The van der Waals surface area contributed by atoms with Crippen LogP contribution in [0.5, 0.6) is 0 Å². The Labute approximate surface area is 153 Å². The average molecular weight is 388 g/mol. The van der Waals surface area contributed by atoms with E-state index in [2.05, 4.69) is 20.6 Å². The lowest BCUT2D eigenvalue weighted by molar-refractivity contribution is -0.137. The molecule has 0 saturated heterocycles. The number of amides is 1. The zero-order chi connectivity index (χ0) is 19.3. The van der Waals surface area contributed by atoms with E-state index in [4.69, 9.17) is 11.6 Å². The van der Waals surface area contributed by atoms with Crippen molar-refractivity contribution in [3.63, 3.8) is 0 Å². The van der Waals surface area contributed by atoms with Gasteiger partial charge in [-0.3, -0.25) is 4.79 Å². The lowest BCUT2D eigenvalue weighted by Crippen LogP contribution is -2.31. The predicted octanol–water partition coefficient (Wildman–Crippen LogP) is 3.18. The van der Waals surface area contributed by atoms with E-state index in [0.29, 0.717) is 13.1 Å². The Balaban J connectivity index is 2.15. The Morgan fingerprint density at radius 2 is 1.96 bits per heavy atom. The molecular formula is C16H17ClF3N5O. The van der Waals surface area contributed by atoms with Gasteiger partial charge in [-0.15, -0.1) is 0 Å². The van der Waals surface area contributed by atoms with E-state index in [1.54, 1.807) is 0 Å². The summed E-state index contributed by atoms with van der Waals surface area (Å²) in [5, 5.41) is 5.46. The summed E-state index contributed by atoms with van der Waals surface area (Å²) in [5.74, 6) is -0.258. The smallest absolute Gasteiger partial charge is 0.349 e. The van der Waals surface area contributed by atoms with Crippen LogP contribution in [0.3, 0.4) is 0 Å². The van der Waals surface area contributed by atoms with Crippen LogP contribution in [-0.4, -0.2) is 48.0 Å². The number of likely N-dealkylation sites (N-methyl/N-ethyl adjacent to an activating group) is 1. The molecule has 10 heteroatoms. The van der Waals surface area contributed by atoms with Crippen molar-refractivity contribution >= 4 is 29.0 Å². The maximum Gasteiger partial charge on any atom is 0.416 e. The second kappa shape index (κ2) is 8.33. The maximum absolute atomic E-state index is 12.8. The third-order valence-corrected chi connectivity index (χ3v) is 3.63. The van der Waals surface area contributed by atoms with E-state index >= 15 is 0 Å². The van der Waals surface area contributed by atoms with Crippen LogP contribution in [0.15, 0.2) is 30.6 Å². The number of alkyl halides is 3. The molecule has 0 spiro atoms. The van der Waals surface area contributed by atoms with E-state index in [0.717, 1.165) is 24.5 Å². The molecule has 2 aromatic rings. The van der Waals surface area contributed by atoms with Gasteiger partial charge in [-0.05, 0) is 32.3 Å². The third-order valence-electron chi connectivity index (χ3n) is 3.30. The molecule has 6 nitrogen and oxygen atoms in total. The van der Waals surface area contributed by atoms with Crippen LogP contribution in [-0.2, 0) is 6.18 Å². The summed E-state index contributed by atoms with van der Waals surface area (Å²) in [4.78, 5) is 21.7. The van der Waals surface area contributed by atoms with Gasteiger partial charge in [0.15, 0.2) is 0 Å². The molecule has 0 radical (unpaired) electrons. The van der Waals surface area contributed by atoms with Crippen LogP contribution < -0.4 is 10.6 Å². The van der Waals surface area contributed by atoms with E-state index in [-0.39, 0.29) is 22.2 Å². The van der Waals surface area contributed by atoms with Crippen LogP contribution in [0.4, 0.5) is 24.7 Å². The van der Waals surface area contributed by atoms with Gasteiger partial charge in [0.2, 0.25) is 0 Å². The summed E-state index contributed by atoms with van der Waals surface area (Å²) in [6.07, 6.45) is -3.35. The number of nitrogens with one attached hydrogen (secondary N) is 2. The molecule has 1 amide bonds. The number of hydrogen-bond acceptors (Lipinski definition) is 5. The average Bonchev–Trinajstić information content (AvgIpc) is 2.55. The Morgan fingerprint density at radius 3 is 2.62 bits per heavy atom. The van der Waals surface area contributed by atoms with Gasteiger partial charge in [0, 0.05) is 19.2 Å². The molecule has 0 unspecified atom stereocenters. The van der Waals surface area contributed by atoms with Crippen LogP contribution in [0.25, 0.3) is 0 Å². The Kier molecular flexibility index (Phi) is 6.38. The Bertz CT molecular complexity index is 783. The molecule has 140 valence electrons. The minimum atomic E-state index is -4.50. The third kappa shape index (κ3) is 5.57. The number of carbonyl (C=O) groups is 1. The normalized spacial score (nSPS) is 11.5. The summed E-state index contributed by atoms with van der Waals surface area (Å²) >= 11 is 5.94. The lowest BCUT2D eigenvalue weighted by Gasteiger charge is -2.13. The molecule has 0 aliphatic heterocycles. The fourth-order valence-corrected chi connectivity index (χ4v) is 2.13. The van der Waals surface area contributed by atoms with E-state index in [1.165, 1.54) is 6.07 Å². The molecule has 1 aromatic carbocycles. The van der Waals surface area contributed by atoms with Crippen molar-refractivity contribution in [2.45, 2.75) is 6.18 Å². The topological polar surface area (TPSA) is 70.2 Å². The highest BCUT2D eigenvalue weighted by atomic mass is 35.5. The first-order chi connectivity index (χ1) is 12.2. The van der Waals surface area contributed by atoms with Gasteiger partial charge in [0.25, 0.3) is 5.91 Å². The first kappa shape index (κ1) is 19.9. The quantitative estimate of drug-likeness (QED) is 0.796. The van der Waals surface area contributed by atoms with E-state index < -0.39 is 17.6 Å². The van der Waals surface area contributed by atoms with Gasteiger partial charge in [0.05, 0.1) is 16.3 Å². The molecule has 26 heavy (non-hydrogen) atoms. The standard InChI is InChI=1S/C16H17ClF3N5O/c1-25(2)6-5-21-15(26)13-8-14(23-9-22-13)24-12-7-10(16(18,19)20)3-4-11(12)17/h3-4,7-9H,5-6H2,1-2H3,(H,21,26)(H,22,23,24). The number of rotatable bonds is 6. The molecule has 0 aliphatic carbocycles. The minimum Gasteiger partial charge on any atom is -0.349 e. The summed E-state index contributed by atoms with van der Waals surface area (Å²) in [6, 6.07) is 4.24. The number of anilines is 2. The van der Waals surface area contributed by atoms with Crippen LogP contribution in [0.1, 0.15) is 16.1 Å². The van der Waals surface area contributed by atoms with Gasteiger partial charge in [0.1, 0.15) is 17.8 Å². The molecule has 0 atom stereocenters. The highest BCUT2D eigenvalue weighted by Gasteiger charge is 2.31. The molecule has 2 rings (SSSR count). The van der Waals surface area contributed by atoms with Crippen LogP contribution >= 0.6 is 11.6 Å². The fourth-order valence-electron chi connectivity index (χ4n) is 1.97. The second-order valence-electron chi connectivity index (χ2n) is 5.67. The van der Waals surface area contributed by atoms with Crippen molar-refractivity contribution < 1.29 is 18.0 Å². The largest absolute Gasteiger partial charge is 0.416 e. The molecule has 2 N–H and O–H groups in total. The number of carbonyl (C=O) groups excluding carboxylic acids is 1. The maximum atomic E-state index is 12.8. The summed E-state index contributed by atoms with van der Waals surface area (Å²) in [6.45, 7) is 1.08. The second-order valence-corrected chi connectivity index (χ2v) is 6.07. The van der Waals surface area contributed by atoms with Crippen molar-refractivity contribution in [1.29, 1.82) is 0 Å². The van der Waals surface area contributed by atoms with Gasteiger partial charge < -0.3 is 15.5 Å². The number of halogens is 4. The molecule has 0 bridgehead atoms. The van der Waals surface area contributed by atoms with E-state index in [9.17, 15) is 18.0 Å². The summed E-state index contributed by atoms with van der Waals surface area (Å²) in [5.41, 5.74) is -0.733. The lowest BCUT2D eigenvalue weighted by atomic mass is 10.2. The van der Waals surface area contributed by atoms with Crippen molar-refractivity contribution in [1.82, 2.24) is 20.2 Å². The van der Waals surface area contributed by atoms with Gasteiger partial charge >= 0.3 is 6.18 Å². The number of aromatic nitrogens is 2. The van der Waals surface area contributed by atoms with Crippen LogP contribution in [0.2, 0.25) is 5.02 Å². The SMILES string of the molecule is CN(C)CCNC(=O)c1cc(Nc2cc(C(F)(F)F)ccc2Cl)ncn1. The fraction of sp³-hybridized carbons (Fsp3) is 0.312. The monoisotopic (exact) mass is 387 g/mol. The zero-order valence-electron chi connectivity index (χ0n) is 14.1. The minimum absolute atomic E-state index is 0.0270. The van der Waals surface area contributed by atoms with Crippen molar-refractivity contribution in [3.8, 4) is 0 Å². The first-order valence-corrected chi connectivity index (χ1v) is 7.93. The van der Waals surface area contributed by atoms with Gasteiger partial charge in [-0.25, -0.2) is 9.97 Å². The molecule has 1 heterocycles. The van der Waals surface area contributed by atoms with Crippen LogP contribution in [0, 0.1) is 0 Å². The van der Waals surface area contributed by atoms with Gasteiger partial charge in [-0.1, -0.05) is 11.6 Å². The van der Waals surface area contributed by atoms with Gasteiger partial charge in [-0.2, -0.15) is 13.2 Å². The van der Waals surface area contributed by atoms with Crippen molar-refractivity contribution in [2.24, 2.45) is 0 Å². The molecular weight excluding hydrogens is 371 g/mol. The van der Waals surface area contributed by atoms with Crippen molar-refractivity contribution in [3.05, 3.63) is 46.9 Å². The molecule has 0 fully saturated rings.